The van der Waals surface area contributed by atoms with Gasteiger partial charge in [0.1, 0.15) is 5.75 Å². The van der Waals surface area contributed by atoms with Crippen molar-refractivity contribution in [1.82, 2.24) is 10.2 Å². The quantitative estimate of drug-likeness (QED) is 0.896. The highest BCUT2D eigenvalue weighted by molar-refractivity contribution is 5.75. The van der Waals surface area contributed by atoms with Gasteiger partial charge in [0.25, 0.3) is 0 Å². The second-order valence-electron chi connectivity index (χ2n) is 6.43. The van der Waals surface area contributed by atoms with Crippen LogP contribution in [0, 0.1) is 0 Å². The number of phenols is 1. The SMILES string of the molecule is O=C(N[C@@H]1C[C@H]1c1ccccc1)N1CCc2ccc(O)cc2C1. The predicted octanol–water partition coefficient (Wildman–Crippen LogP) is 3.02. The van der Waals surface area contributed by atoms with Gasteiger partial charge in [0, 0.05) is 25.0 Å². The predicted molar refractivity (Wildman–Crippen MR) is 88.3 cm³/mol. The average molecular weight is 308 g/mol. The van der Waals surface area contributed by atoms with Gasteiger partial charge in [0.15, 0.2) is 0 Å². The summed E-state index contributed by atoms with van der Waals surface area (Å²) in [7, 11) is 0. The fraction of sp³-hybridized carbons (Fsp3) is 0.316. The second-order valence-corrected chi connectivity index (χ2v) is 6.43. The summed E-state index contributed by atoms with van der Waals surface area (Å²) in [4.78, 5) is 14.3. The Morgan fingerprint density at radius 3 is 2.78 bits per heavy atom. The van der Waals surface area contributed by atoms with Gasteiger partial charge in [-0.25, -0.2) is 4.79 Å². The van der Waals surface area contributed by atoms with Gasteiger partial charge in [-0.2, -0.15) is 0 Å². The van der Waals surface area contributed by atoms with Crippen LogP contribution in [0.5, 0.6) is 5.75 Å². The molecule has 118 valence electrons. The van der Waals surface area contributed by atoms with Crippen LogP contribution in [0.4, 0.5) is 4.79 Å². The van der Waals surface area contributed by atoms with E-state index in [9.17, 15) is 9.90 Å². The molecule has 2 aromatic carbocycles. The fourth-order valence-corrected chi connectivity index (χ4v) is 3.39. The van der Waals surface area contributed by atoms with Crippen molar-refractivity contribution in [3.05, 3.63) is 65.2 Å². The Morgan fingerprint density at radius 2 is 1.96 bits per heavy atom. The molecule has 0 unspecified atom stereocenters. The summed E-state index contributed by atoms with van der Waals surface area (Å²) in [5.74, 6) is 0.707. The topological polar surface area (TPSA) is 52.6 Å². The molecule has 1 heterocycles. The molecule has 4 nitrogen and oxygen atoms in total. The summed E-state index contributed by atoms with van der Waals surface area (Å²) in [5.41, 5.74) is 3.56. The first-order valence-electron chi connectivity index (χ1n) is 8.12. The number of hydrogen-bond acceptors (Lipinski definition) is 2. The number of nitrogens with one attached hydrogen (secondary N) is 1. The summed E-state index contributed by atoms with van der Waals surface area (Å²) in [6.45, 7) is 1.30. The van der Waals surface area contributed by atoms with E-state index in [0.717, 1.165) is 24.9 Å². The van der Waals surface area contributed by atoms with E-state index in [-0.39, 0.29) is 17.8 Å². The highest BCUT2D eigenvalue weighted by Crippen LogP contribution is 2.40. The van der Waals surface area contributed by atoms with Crippen molar-refractivity contribution in [3.63, 3.8) is 0 Å². The van der Waals surface area contributed by atoms with Crippen molar-refractivity contribution in [3.8, 4) is 5.75 Å². The Kier molecular flexibility index (Phi) is 3.45. The van der Waals surface area contributed by atoms with Gasteiger partial charge in [-0.3, -0.25) is 0 Å². The molecule has 1 saturated carbocycles. The van der Waals surface area contributed by atoms with Crippen molar-refractivity contribution in [2.75, 3.05) is 6.54 Å². The molecule has 1 fully saturated rings. The minimum absolute atomic E-state index is 0.00224. The first kappa shape index (κ1) is 14.1. The molecule has 23 heavy (non-hydrogen) atoms. The highest BCUT2D eigenvalue weighted by Gasteiger charge is 2.40. The molecule has 0 radical (unpaired) electrons. The maximum atomic E-state index is 12.5. The number of carbonyl (C=O) groups is 1. The van der Waals surface area contributed by atoms with Gasteiger partial charge >= 0.3 is 6.03 Å². The van der Waals surface area contributed by atoms with E-state index in [1.165, 1.54) is 11.1 Å². The first-order valence-corrected chi connectivity index (χ1v) is 8.12. The van der Waals surface area contributed by atoms with E-state index in [2.05, 4.69) is 17.4 Å². The summed E-state index contributed by atoms with van der Waals surface area (Å²) in [5, 5.41) is 12.8. The molecule has 2 N–H and O–H groups in total. The van der Waals surface area contributed by atoms with Crippen LogP contribution in [0.25, 0.3) is 0 Å². The van der Waals surface area contributed by atoms with E-state index < -0.39 is 0 Å². The number of phenolic OH excluding ortho intramolecular Hbond substituents is 1. The largest absolute Gasteiger partial charge is 0.508 e. The zero-order valence-electron chi connectivity index (χ0n) is 12.9. The Bertz CT molecular complexity index is 729. The minimum Gasteiger partial charge on any atom is -0.508 e. The Morgan fingerprint density at radius 1 is 1.13 bits per heavy atom. The molecule has 1 aliphatic carbocycles. The lowest BCUT2D eigenvalue weighted by Gasteiger charge is -2.29. The molecule has 0 saturated heterocycles. The number of benzene rings is 2. The first-order chi connectivity index (χ1) is 11.2. The van der Waals surface area contributed by atoms with Gasteiger partial charge in [0.2, 0.25) is 0 Å². The average Bonchev–Trinajstić information content (AvgIpc) is 3.34. The van der Waals surface area contributed by atoms with Gasteiger partial charge in [-0.1, -0.05) is 36.4 Å². The number of amides is 2. The Balaban J connectivity index is 1.38. The summed E-state index contributed by atoms with van der Waals surface area (Å²) < 4.78 is 0. The van der Waals surface area contributed by atoms with Crippen LogP contribution in [0.1, 0.15) is 29.0 Å². The van der Waals surface area contributed by atoms with Crippen LogP contribution in [-0.4, -0.2) is 28.6 Å². The Labute approximate surface area is 135 Å². The number of rotatable bonds is 2. The molecule has 0 bridgehead atoms. The third kappa shape index (κ3) is 2.89. The van der Waals surface area contributed by atoms with Crippen LogP contribution in [0.2, 0.25) is 0 Å². The summed E-state index contributed by atoms with van der Waals surface area (Å²) >= 11 is 0. The second kappa shape index (κ2) is 5.61. The molecule has 0 spiro atoms. The van der Waals surface area contributed by atoms with E-state index in [1.54, 1.807) is 12.1 Å². The zero-order chi connectivity index (χ0) is 15.8. The van der Waals surface area contributed by atoms with Crippen LogP contribution in [0.3, 0.4) is 0 Å². The molecule has 2 aliphatic rings. The third-order valence-electron chi connectivity index (χ3n) is 4.82. The number of hydrogen-bond donors (Lipinski definition) is 2. The molecular weight excluding hydrogens is 288 g/mol. The van der Waals surface area contributed by atoms with Gasteiger partial charge in [-0.05, 0) is 41.7 Å². The normalized spacial score (nSPS) is 22.3. The van der Waals surface area contributed by atoms with Crippen molar-refractivity contribution in [2.45, 2.75) is 31.3 Å². The number of carbonyl (C=O) groups excluding carboxylic acids is 1. The molecule has 2 atom stereocenters. The van der Waals surface area contributed by atoms with Gasteiger partial charge in [-0.15, -0.1) is 0 Å². The van der Waals surface area contributed by atoms with Crippen LogP contribution in [0.15, 0.2) is 48.5 Å². The van der Waals surface area contributed by atoms with Crippen LogP contribution < -0.4 is 5.32 Å². The van der Waals surface area contributed by atoms with Gasteiger partial charge in [0.05, 0.1) is 0 Å². The van der Waals surface area contributed by atoms with E-state index in [0.29, 0.717) is 12.5 Å². The van der Waals surface area contributed by atoms with E-state index >= 15 is 0 Å². The van der Waals surface area contributed by atoms with E-state index in [1.807, 2.05) is 29.2 Å². The minimum atomic E-state index is 0.00224. The molecule has 0 aromatic heterocycles. The van der Waals surface area contributed by atoms with Crippen LogP contribution in [-0.2, 0) is 13.0 Å². The molecule has 2 aromatic rings. The third-order valence-corrected chi connectivity index (χ3v) is 4.82. The van der Waals surface area contributed by atoms with Crippen molar-refractivity contribution >= 4 is 6.03 Å². The summed E-state index contributed by atoms with van der Waals surface area (Å²) in [6.07, 6.45) is 1.86. The molecule has 2 amide bonds. The fourth-order valence-electron chi connectivity index (χ4n) is 3.39. The number of aromatic hydroxyl groups is 1. The van der Waals surface area contributed by atoms with Crippen LogP contribution >= 0.6 is 0 Å². The zero-order valence-corrected chi connectivity index (χ0v) is 12.9. The van der Waals surface area contributed by atoms with Crippen molar-refractivity contribution < 1.29 is 9.90 Å². The molecular formula is C19H20N2O2. The molecule has 4 heteroatoms. The summed E-state index contributed by atoms with van der Waals surface area (Å²) in [6, 6.07) is 16.0. The number of fused-ring (bicyclic) bond motifs is 1. The lowest BCUT2D eigenvalue weighted by atomic mass is 10.00. The lowest BCUT2D eigenvalue weighted by Crippen LogP contribution is -2.43. The van der Waals surface area contributed by atoms with E-state index in [4.69, 9.17) is 0 Å². The highest BCUT2D eigenvalue weighted by atomic mass is 16.3. The maximum absolute atomic E-state index is 12.5. The maximum Gasteiger partial charge on any atom is 0.317 e. The van der Waals surface area contributed by atoms with Crippen molar-refractivity contribution in [2.24, 2.45) is 0 Å². The number of nitrogens with zero attached hydrogens (tertiary/aromatic N) is 1. The van der Waals surface area contributed by atoms with Crippen molar-refractivity contribution in [1.29, 1.82) is 0 Å². The number of urea groups is 1. The molecule has 4 rings (SSSR count). The van der Waals surface area contributed by atoms with Gasteiger partial charge < -0.3 is 15.3 Å². The smallest absolute Gasteiger partial charge is 0.317 e. The monoisotopic (exact) mass is 308 g/mol. The Hall–Kier alpha value is -2.49. The lowest BCUT2D eigenvalue weighted by molar-refractivity contribution is 0.191. The molecule has 1 aliphatic heterocycles. The standard InChI is InChI=1S/C19H20N2O2/c22-16-7-6-13-8-9-21(12-15(13)10-16)19(23)20-18-11-17(18)14-4-2-1-3-5-14/h1-7,10,17-18,22H,8-9,11-12H2,(H,20,23)/t17-,18+/m0/s1.